The first-order chi connectivity index (χ1) is 14.0. The van der Waals surface area contributed by atoms with Crippen molar-refractivity contribution in [3.8, 4) is 0 Å². The van der Waals surface area contributed by atoms with Gasteiger partial charge in [-0.15, -0.1) is 0 Å². The predicted octanol–water partition coefficient (Wildman–Crippen LogP) is 4.84. The van der Waals surface area contributed by atoms with E-state index in [-0.39, 0.29) is 22.3 Å². The summed E-state index contributed by atoms with van der Waals surface area (Å²) in [7, 11) is 0. The predicted molar refractivity (Wildman–Crippen MR) is 109 cm³/mol. The van der Waals surface area contributed by atoms with Crippen molar-refractivity contribution < 1.29 is 13.6 Å². The van der Waals surface area contributed by atoms with Gasteiger partial charge < -0.3 is 4.42 Å². The third kappa shape index (κ3) is 2.77. The zero-order valence-electron chi connectivity index (χ0n) is 14.8. The van der Waals surface area contributed by atoms with Crippen molar-refractivity contribution >= 4 is 38.6 Å². The van der Waals surface area contributed by atoms with E-state index in [1.807, 2.05) is 24.3 Å². The molecule has 0 fully saturated rings. The molecule has 5 nitrogen and oxygen atoms in total. The maximum Gasteiger partial charge on any atom is 0.296 e. The molecule has 4 aromatic rings. The Hall–Kier alpha value is -3.32. The van der Waals surface area contributed by atoms with Crippen LogP contribution in [0.5, 0.6) is 0 Å². The largest absolute Gasteiger partial charge is 0.450 e. The number of rotatable bonds is 2. The number of pyridine rings is 1. The number of hydrogen-bond donors (Lipinski definition) is 0. The molecule has 1 amide bonds. The molecule has 2 aromatic heterocycles. The number of nitrogens with zero attached hydrogens (tertiary/aromatic N) is 2. The maximum atomic E-state index is 13.8. The highest BCUT2D eigenvalue weighted by atomic mass is 79.9. The average Bonchev–Trinajstić information content (AvgIpc) is 3.02. The molecule has 7 heteroatoms. The van der Waals surface area contributed by atoms with Crippen LogP contribution in [0.15, 0.2) is 80.5 Å². The molecule has 1 atom stereocenters. The fourth-order valence-electron chi connectivity index (χ4n) is 3.67. The van der Waals surface area contributed by atoms with E-state index in [1.54, 1.807) is 24.4 Å². The normalized spacial score (nSPS) is 15.7. The van der Waals surface area contributed by atoms with E-state index in [4.69, 9.17) is 4.42 Å². The lowest BCUT2D eigenvalue weighted by atomic mass is 9.98. The molecule has 1 unspecified atom stereocenters. The van der Waals surface area contributed by atoms with E-state index in [0.29, 0.717) is 11.4 Å². The molecule has 1 aliphatic heterocycles. The fraction of sp³-hybridized carbons (Fsp3) is 0.0455. The Morgan fingerprint density at radius 3 is 2.66 bits per heavy atom. The summed E-state index contributed by atoms with van der Waals surface area (Å²) in [6.45, 7) is 0. The quantitative estimate of drug-likeness (QED) is 0.438. The topological polar surface area (TPSA) is 63.4 Å². The van der Waals surface area contributed by atoms with Crippen LogP contribution in [0.25, 0.3) is 11.0 Å². The summed E-state index contributed by atoms with van der Waals surface area (Å²) in [4.78, 5) is 32.4. The fourth-order valence-corrected chi connectivity index (χ4v) is 4.09. The Balaban J connectivity index is 1.84. The number of amides is 1. The van der Waals surface area contributed by atoms with Gasteiger partial charge in [-0.25, -0.2) is 9.37 Å². The van der Waals surface area contributed by atoms with Crippen LogP contribution in [0.3, 0.4) is 0 Å². The molecule has 0 saturated carbocycles. The molecular formula is C22H12BrFN2O3. The number of benzene rings is 2. The SMILES string of the molecule is O=C1c2oc3ccc(F)cc3c(=O)c2C(c2cccc(Br)c2)N1c1ccccn1. The van der Waals surface area contributed by atoms with Crippen LogP contribution in [0.2, 0.25) is 0 Å². The minimum absolute atomic E-state index is 0.0512. The molecule has 2 aromatic carbocycles. The van der Waals surface area contributed by atoms with Gasteiger partial charge in [0, 0.05) is 10.7 Å². The Morgan fingerprint density at radius 2 is 1.90 bits per heavy atom. The molecule has 29 heavy (non-hydrogen) atoms. The van der Waals surface area contributed by atoms with Gasteiger partial charge in [0.15, 0.2) is 5.43 Å². The lowest BCUT2D eigenvalue weighted by molar-refractivity contribution is 0.0970. The van der Waals surface area contributed by atoms with Crippen molar-refractivity contribution in [2.75, 3.05) is 4.90 Å². The highest BCUT2D eigenvalue weighted by molar-refractivity contribution is 9.10. The number of aromatic nitrogens is 1. The van der Waals surface area contributed by atoms with Crippen molar-refractivity contribution in [3.63, 3.8) is 0 Å². The Bertz CT molecular complexity index is 1340. The molecule has 0 radical (unpaired) electrons. The van der Waals surface area contributed by atoms with Gasteiger partial charge in [-0.2, -0.15) is 0 Å². The van der Waals surface area contributed by atoms with Gasteiger partial charge in [-0.05, 0) is 48.0 Å². The molecule has 0 spiro atoms. The highest BCUT2D eigenvalue weighted by Crippen LogP contribution is 2.40. The van der Waals surface area contributed by atoms with Crippen LogP contribution in [0.1, 0.15) is 27.7 Å². The van der Waals surface area contributed by atoms with E-state index < -0.39 is 23.2 Å². The minimum Gasteiger partial charge on any atom is -0.450 e. The number of halogens is 2. The van der Waals surface area contributed by atoms with E-state index >= 15 is 0 Å². The molecule has 0 bridgehead atoms. The summed E-state index contributed by atoms with van der Waals surface area (Å²) in [6.07, 6.45) is 1.57. The Labute approximate surface area is 172 Å². The number of fused-ring (bicyclic) bond motifs is 2. The van der Waals surface area contributed by atoms with Crippen molar-refractivity contribution in [1.29, 1.82) is 0 Å². The number of carbonyl (C=O) groups is 1. The second-order valence-corrected chi connectivity index (χ2v) is 7.55. The zero-order chi connectivity index (χ0) is 20.1. The van der Waals surface area contributed by atoms with Crippen molar-refractivity contribution in [2.24, 2.45) is 0 Å². The van der Waals surface area contributed by atoms with E-state index in [0.717, 1.165) is 10.5 Å². The lowest BCUT2D eigenvalue weighted by Crippen LogP contribution is -2.30. The lowest BCUT2D eigenvalue weighted by Gasteiger charge is -2.24. The van der Waals surface area contributed by atoms with Gasteiger partial charge in [-0.3, -0.25) is 14.5 Å². The van der Waals surface area contributed by atoms with Gasteiger partial charge in [0.1, 0.15) is 17.2 Å². The monoisotopic (exact) mass is 450 g/mol. The third-order valence-electron chi connectivity index (χ3n) is 4.89. The molecule has 0 saturated heterocycles. The third-order valence-corrected chi connectivity index (χ3v) is 5.39. The average molecular weight is 451 g/mol. The summed E-state index contributed by atoms with van der Waals surface area (Å²) in [5.74, 6) is -0.671. The van der Waals surface area contributed by atoms with Crippen molar-refractivity contribution in [2.45, 2.75) is 6.04 Å². The van der Waals surface area contributed by atoms with Crippen molar-refractivity contribution in [3.05, 3.63) is 104 Å². The first-order valence-corrected chi connectivity index (χ1v) is 9.60. The zero-order valence-corrected chi connectivity index (χ0v) is 16.4. The van der Waals surface area contributed by atoms with Crippen molar-refractivity contribution in [1.82, 2.24) is 4.98 Å². The van der Waals surface area contributed by atoms with Gasteiger partial charge in [-0.1, -0.05) is 34.1 Å². The van der Waals surface area contributed by atoms with Crippen LogP contribution in [-0.4, -0.2) is 10.9 Å². The maximum absolute atomic E-state index is 13.8. The van der Waals surface area contributed by atoms with Crippen LogP contribution in [0, 0.1) is 5.82 Å². The molecule has 0 aliphatic carbocycles. The summed E-state index contributed by atoms with van der Waals surface area (Å²) >= 11 is 3.44. The molecule has 3 heterocycles. The Kier molecular flexibility index (Phi) is 4.06. The van der Waals surface area contributed by atoms with Gasteiger partial charge in [0.2, 0.25) is 5.76 Å². The van der Waals surface area contributed by atoms with E-state index in [9.17, 15) is 14.0 Å². The summed E-state index contributed by atoms with van der Waals surface area (Å²) in [5.41, 5.74) is 0.619. The first-order valence-electron chi connectivity index (χ1n) is 8.81. The van der Waals surface area contributed by atoms with Crippen LogP contribution in [-0.2, 0) is 0 Å². The van der Waals surface area contributed by atoms with Crippen LogP contribution in [0.4, 0.5) is 10.2 Å². The van der Waals surface area contributed by atoms with Gasteiger partial charge >= 0.3 is 0 Å². The summed E-state index contributed by atoms with van der Waals surface area (Å²) < 4.78 is 20.4. The summed E-state index contributed by atoms with van der Waals surface area (Å²) in [5, 5.41) is 0.0967. The van der Waals surface area contributed by atoms with Gasteiger partial charge in [0.05, 0.1) is 17.0 Å². The molecule has 142 valence electrons. The Morgan fingerprint density at radius 1 is 1.03 bits per heavy atom. The number of carbonyl (C=O) groups excluding carboxylic acids is 1. The minimum atomic E-state index is -0.742. The number of hydrogen-bond acceptors (Lipinski definition) is 4. The van der Waals surface area contributed by atoms with Gasteiger partial charge in [0.25, 0.3) is 5.91 Å². The molecular weight excluding hydrogens is 439 g/mol. The number of anilines is 1. The first kappa shape index (κ1) is 17.8. The second kappa shape index (κ2) is 6.63. The van der Waals surface area contributed by atoms with Crippen LogP contribution < -0.4 is 10.3 Å². The van der Waals surface area contributed by atoms with E-state index in [1.165, 1.54) is 17.0 Å². The second-order valence-electron chi connectivity index (χ2n) is 6.64. The molecule has 1 aliphatic rings. The smallest absolute Gasteiger partial charge is 0.296 e. The van der Waals surface area contributed by atoms with Crippen LogP contribution >= 0.6 is 15.9 Å². The molecule has 0 N–H and O–H groups in total. The van der Waals surface area contributed by atoms with E-state index in [2.05, 4.69) is 20.9 Å². The highest BCUT2D eigenvalue weighted by Gasteiger charge is 2.44. The molecule has 5 rings (SSSR count). The summed E-state index contributed by atoms with van der Waals surface area (Å²) in [6, 6.07) is 15.5. The standard InChI is InChI=1S/C22H12BrFN2O3/c23-13-5-3-4-12(10-13)19-18-20(27)15-11-14(24)7-8-16(15)29-21(18)22(28)26(19)17-6-1-2-9-25-17/h1-11,19H.